The molecule has 0 bridgehead atoms. The molecular formula is C32H43N3O5S. The van der Waals surface area contributed by atoms with Crippen LogP contribution in [0.1, 0.15) is 52.9 Å². The fourth-order valence-corrected chi connectivity index (χ4v) is 9.21. The highest BCUT2D eigenvalue weighted by Crippen LogP contribution is 2.65. The number of aliphatic hydroxyl groups excluding tert-OH is 1. The van der Waals surface area contributed by atoms with Crippen LogP contribution in [-0.4, -0.2) is 87.6 Å². The number of hydrogen-bond acceptors (Lipinski definition) is 6. The maximum absolute atomic E-state index is 14.5. The van der Waals surface area contributed by atoms with Crippen molar-refractivity contribution in [1.29, 1.82) is 0 Å². The lowest BCUT2D eigenvalue weighted by atomic mass is 9.74. The van der Waals surface area contributed by atoms with Gasteiger partial charge in [0.1, 0.15) is 11.8 Å². The number of thioether (sulfide) groups is 1. The molecule has 1 aromatic rings. The summed E-state index contributed by atoms with van der Waals surface area (Å²) in [6.45, 7) is 8.80. The van der Waals surface area contributed by atoms with Gasteiger partial charge >= 0.3 is 0 Å². The Labute approximate surface area is 247 Å². The SMILES string of the molecule is CCCCN1CC=C[C@]23S[C@]4(C)C=CCN(c5ccc(OCC)cc5)C(=O)[C@@H]4[C@H]2C(=O)N(CCCCCO)C3C1=O. The molecule has 9 heteroatoms. The number of benzene rings is 1. The third kappa shape index (κ3) is 5.20. The summed E-state index contributed by atoms with van der Waals surface area (Å²) < 4.78 is 4.14. The van der Waals surface area contributed by atoms with Crippen LogP contribution in [0.15, 0.2) is 48.6 Å². The predicted molar refractivity (Wildman–Crippen MR) is 162 cm³/mol. The summed E-state index contributed by atoms with van der Waals surface area (Å²) in [5, 5.41) is 9.29. The zero-order valence-corrected chi connectivity index (χ0v) is 25.3. The van der Waals surface area contributed by atoms with Gasteiger partial charge in [-0.25, -0.2) is 0 Å². The zero-order chi connectivity index (χ0) is 29.2. The first kappa shape index (κ1) is 29.7. The van der Waals surface area contributed by atoms with Crippen molar-refractivity contribution >= 4 is 35.2 Å². The van der Waals surface area contributed by atoms with Crippen LogP contribution in [0.2, 0.25) is 0 Å². The molecule has 5 atom stereocenters. The summed E-state index contributed by atoms with van der Waals surface area (Å²) in [4.78, 5) is 48.6. The lowest BCUT2D eigenvalue weighted by Gasteiger charge is -2.37. The number of nitrogens with zero attached hydrogens (tertiary/aromatic N) is 3. The summed E-state index contributed by atoms with van der Waals surface area (Å²) in [5.74, 6) is -0.727. The van der Waals surface area contributed by atoms with Gasteiger partial charge in [0.15, 0.2) is 0 Å². The van der Waals surface area contributed by atoms with Crippen LogP contribution in [0.25, 0.3) is 0 Å². The summed E-state index contributed by atoms with van der Waals surface area (Å²) >= 11 is 1.63. The summed E-state index contributed by atoms with van der Waals surface area (Å²) in [6, 6.07) is 6.87. The highest BCUT2D eigenvalue weighted by Gasteiger charge is 2.73. The van der Waals surface area contributed by atoms with Crippen LogP contribution in [0.4, 0.5) is 5.69 Å². The number of amides is 3. The number of carbonyl (C=O) groups is 3. The van der Waals surface area contributed by atoms with Crippen molar-refractivity contribution in [3.05, 3.63) is 48.6 Å². The van der Waals surface area contributed by atoms with E-state index in [-0.39, 0.29) is 24.3 Å². The molecule has 2 saturated heterocycles. The second-order valence-electron chi connectivity index (χ2n) is 11.6. The molecule has 222 valence electrons. The smallest absolute Gasteiger partial charge is 0.247 e. The Morgan fingerprint density at radius 2 is 1.66 bits per heavy atom. The van der Waals surface area contributed by atoms with Crippen molar-refractivity contribution in [2.75, 3.05) is 44.3 Å². The van der Waals surface area contributed by atoms with Crippen molar-refractivity contribution in [2.24, 2.45) is 11.8 Å². The number of unbranched alkanes of at least 4 members (excludes halogenated alkanes) is 3. The Kier molecular flexibility index (Phi) is 8.85. The summed E-state index contributed by atoms with van der Waals surface area (Å²) in [5.41, 5.74) is 0.763. The van der Waals surface area contributed by atoms with Gasteiger partial charge in [0.25, 0.3) is 0 Å². The maximum atomic E-state index is 14.5. The number of rotatable bonds is 11. The van der Waals surface area contributed by atoms with Crippen LogP contribution < -0.4 is 9.64 Å². The molecule has 0 aromatic heterocycles. The number of likely N-dealkylation sites (tertiary alicyclic amines) is 1. The highest BCUT2D eigenvalue weighted by atomic mass is 32.2. The number of ether oxygens (including phenoxy) is 1. The molecule has 4 aliphatic rings. The van der Waals surface area contributed by atoms with Gasteiger partial charge in [0, 0.05) is 43.2 Å². The van der Waals surface area contributed by atoms with Gasteiger partial charge in [-0.15, -0.1) is 11.8 Å². The van der Waals surface area contributed by atoms with E-state index in [2.05, 4.69) is 26.0 Å². The van der Waals surface area contributed by atoms with Crippen LogP contribution in [0.5, 0.6) is 5.75 Å². The van der Waals surface area contributed by atoms with Gasteiger partial charge in [-0.1, -0.05) is 37.6 Å². The lowest BCUT2D eigenvalue weighted by Crippen LogP contribution is -2.53. The average molecular weight is 582 g/mol. The van der Waals surface area contributed by atoms with Gasteiger partial charge in [-0.05, 0) is 63.8 Å². The molecule has 0 aliphatic carbocycles. The van der Waals surface area contributed by atoms with E-state index in [1.165, 1.54) is 0 Å². The Bertz CT molecular complexity index is 1200. The first-order chi connectivity index (χ1) is 19.8. The van der Waals surface area contributed by atoms with Crippen molar-refractivity contribution in [3.63, 3.8) is 0 Å². The molecule has 4 aliphatic heterocycles. The van der Waals surface area contributed by atoms with E-state index in [1.54, 1.807) is 21.6 Å². The Morgan fingerprint density at radius 1 is 0.902 bits per heavy atom. The molecule has 1 unspecified atom stereocenters. The third-order valence-corrected chi connectivity index (χ3v) is 10.7. The molecule has 41 heavy (non-hydrogen) atoms. The normalized spacial score (nSPS) is 30.8. The summed E-state index contributed by atoms with van der Waals surface area (Å²) in [6.07, 6.45) is 12.3. The van der Waals surface area contributed by atoms with Crippen LogP contribution in [0, 0.1) is 11.8 Å². The molecule has 1 N–H and O–H groups in total. The summed E-state index contributed by atoms with van der Waals surface area (Å²) in [7, 11) is 0. The molecular weight excluding hydrogens is 538 g/mol. The average Bonchev–Trinajstić information content (AvgIpc) is 3.22. The van der Waals surface area contributed by atoms with E-state index < -0.39 is 27.4 Å². The highest BCUT2D eigenvalue weighted by molar-refractivity contribution is 8.02. The molecule has 4 heterocycles. The number of fused-ring (bicyclic) bond motifs is 2. The van der Waals surface area contributed by atoms with E-state index in [1.807, 2.05) is 48.2 Å². The van der Waals surface area contributed by atoms with E-state index >= 15 is 0 Å². The minimum atomic E-state index is -0.826. The number of carbonyl (C=O) groups excluding carboxylic acids is 3. The predicted octanol–water partition coefficient (Wildman–Crippen LogP) is 4.04. The minimum Gasteiger partial charge on any atom is -0.494 e. The van der Waals surface area contributed by atoms with Gasteiger partial charge in [0.2, 0.25) is 17.7 Å². The van der Waals surface area contributed by atoms with E-state index in [0.29, 0.717) is 45.6 Å². The van der Waals surface area contributed by atoms with Gasteiger partial charge in [-0.2, -0.15) is 0 Å². The Morgan fingerprint density at radius 3 is 2.37 bits per heavy atom. The van der Waals surface area contributed by atoms with Gasteiger partial charge < -0.3 is 24.5 Å². The Balaban J connectivity index is 1.54. The number of aliphatic hydroxyl groups is 1. The molecule has 0 radical (unpaired) electrons. The first-order valence-electron chi connectivity index (χ1n) is 15.1. The topological polar surface area (TPSA) is 90.4 Å². The third-order valence-electron chi connectivity index (χ3n) is 8.94. The quantitative estimate of drug-likeness (QED) is 0.314. The zero-order valence-electron chi connectivity index (χ0n) is 24.5. The van der Waals surface area contributed by atoms with Gasteiger partial charge in [0.05, 0.1) is 23.2 Å². The van der Waals surface area contributed by atoms with E-state index in [9.17, 15) is 19.5 Å². The van der Waals surface area contributed by atoms with Crippen LogP contribution in [0.3, 0.4) is 0 Å². The van der Waals surface area contributed by atoms with Crippen LogP contribution in [-0.2, 0) is 14.4 Å². The lowest BCUT2D eigenvalue weighted by molar-refractivity contribution is -0.142. The number of hydrogen-bond donors (Lipinski definition) is 1. The second-order valence-corrected chi connectivity index (χ2v) is 13.4. The molecule has 2 fully saturated rings. The van der Waals surface area contributed by atoms with E-state index in [0.717, 1.165) is 30.7 Å². The molecule has 8 nitrogen and oxygen atoms in total. The maximum Gasteiger partial charge on any atom is 0.247 e. The fourth-order valence-electron chi connectivity index (χ4n) is 7.05. The van der Waals surface area contributed by atoms with Crippen molar-refractivity contribution < 1.29 is 24.2 Å². The largest absolute Gasteiger partial charge is 0.494 e. The van der Waals surface area contributed by atoms with Crippen LogP contribution >= 0.6 is 11.8 Å². The second kappa shape index (κ2) is 12.2. The van der Waals surface area contributed by atoms with Crippen molar-refractivity contribution in [2.45, 2.75) is 68.4 Å². The number of anilines is 1. The minimum absolute atomic E-state index is 0.0196. The standard InChI is InChI=1S/C32H43N3O5S/c1-4-6-18-33-19-11-17-32-26(29(38)35(27(32)30(33)39)20-8-7-9-22-36)25-28(37)34(21-10-16-31(25,3)41-32)23-12-14-24(15-13-23)40-5-2/h10-17,25-27,36H,4-9,18-22H2,1-3H3/t25-,26-,27?,31+,32-/m0/s1. The molecule has 1 spiro atoms. The molecule has 5 rings (SSSR count). The fraction of sp³-hybridized carbons (Fsp3) is 0.594. The van der Waals surface area contributed by atoms with Crippen molar-refractivity contribution in [1.82, 2.24) is 9.80 Å². The molecule has 0 saturated carbocycles. The Hall–Kier alpha value is -2.78. The monoisotopic (exact) mass is 581 g/mol. The van der Waals surface area contributed by atoms with Gasteiger partial charge in [-0.3, -0.25) is 14.4 Å². The molecule has 3 amide bonds. The van der Waals surface area contributed by atoms with Crippen molar-refractivity contribution in [3.8, 4) is 5.75 Å². The first-order valence-corrected chi connectivity index (χ1v) is 15.9. The van der Waals surface area contributed by atoms with E-state index in [4.69, 9.17) is 4.74 Å². The molecule has 1 aromatic carbocycles.